The van der Waals surface area contributed by atoms with Gasteiger partial charge in [0.05, 0.1) is 12.2 Å². The van der Waals surface area contributed by atoms with Crippen molar-refractivity contribution in [2.24, 2.45) is 0 Å². The Hall–Kier alpha value is -2.21. The number of hydrogen-bond acceptors (Lipinski definition) is 4. The highest BCUT2D eigenvalue weighted by atomic mass is 16.2. The van der Waals surface area contributed by atoms with Crippen LogP contribution in [-0.2, 0) is 0 Å². The second-order valence-electron chi connectivity index (χ2n) is 5.77. The fourth-order valence-corrected chi connectivity index (χ4v) is 2.70. The first-order valence-corrected chi connectivity index (χ1v) is 7.65. The number of aromatic nitrogens is 3. The highest BCUT2D eigenvalue weighted by molar-refractivity contribution is 6.03. The molecular weight excluding hydrogens is 278 g/mol. The van der Waals surface area contributed by atoms with E-state index in [0.717, 1.165) is 42.7 Å². The third kappa shape index (κ3) is 3.01. The Balaban J connectivity index is 1.72. The number of carbonyl (C=O) groups is 1. The molecule has 6 heteroatoms. The summed E-state index contributed by atoms with van der Waals surface area (Å²) in [5, 5.41) is 14.4. The van der Waals surface area contributed by atoms with E-state index in [1.54, 1.807) is 6.20 Å². The molecule has 1 saturated heterocycles. The van der Waals surface area contributed by atoms with Crippen LogP contribution in [0.25, 0.3) is 0 Å². The van der Waals surface area contributed by atoms with E-state index in [9.17, 15) is 4.79 Å². The second kappa shape index (κ2) is 6.27. The number of benzene rings is 1. The lowest BCUT2D eigenvalue weighted by Crippen LogP contribution is -2.29. The zero-order chi connectivity index (χ0) is 15.5. The summed E-state index contributed by atoms with van der Waals surface area (Å²) >= 11 is 0. The predicted octanol–water partition coefficient (Wildman–Crippen LogP) is 2.07. The van der Waals surface area contributed by atoms with Crippen LogP contribution in [0.2, 0.25) is 0 Å². The number of aryl methyl sites for hydroxylation is 1. The number of hydrogen-bond donors (Lipinski definition) is 2. The Labute approximate surface area is 129 Å². The third-order valence-corrected chi connectivity index (χ3v) is 4.28. The van der Waals surface area contributed by atoms with E-state index >= 15 is 0 Å². The molecular formula is C16H21N5O. The zero-order valence-corrected chi connectivity index (χ0v) is 13.0. The standard InChI is InChI=1S/C16H21N5O/c1-11-4-3-5-14(12(11)2)18-16(22)15-10-21(20-19-15)13-6-8-17-9-7-13/h3-5,10,13,17H,6-9H2,1-2H3,(H,18,22). The summed E-state index contributed by atoms with van der Waals surface area (Å²) in [6.45, 7) is 5.98. The normalized spacial score (nSPS) is 15.7. The Morgan fingerprint density at radius 1 is 1.32 bits per heavy atom. The molecule has 3 rings (SSSR count). The summed E-state index contributed by atoms with van der Waals surface area (Å²) in [5.74, 6) is -0.214. The van der Waals surface area contributed by atoms with E-state index in [4.69, 9.17) is 0 Å². The number of anilines is 1. The van der Waals surface area contributed by atoms with Crippen LogP contribution in [-0.4, -0.2) is 34.0 Å². The van der Waals surface area contributed by atoms with Crippen LogP contribution in [0.4, 0.5) is 5.69 Å². The number of amides is 1. The Kier molecular flexibility index (Phi) is 4.20. The number of nitrogens with one attached hydrogen (secondary N) is 2. The van der Waals surface area contributed by atoms with Gasteiger partial charge in [0, 0.05) is 5.69 Å². The molecule has 2 heterocycles. The fraction of sp³-hybridized carbons (Fsp3) is 0.438. The maximum Gasteiger partial charge on any atom is 0.277 e. The van der Waals surface area contributed by atoms with E-state index in [-0.39, 0.29) is 5.91 Å². The lowest BCUT2D eigenvalue weighted by Gasteiger charge is -2.22. The van der Waals surface area contributed by atoms with Gasteiger partial charge in [0.1, 0.15) is 0 Å². The fourth-order valence-electron chi connectivity index (χ4n) is 2.70. The summed E-state index contributed by atoms with van der Waals surface area (Å²) in [7, 11) is 0. The van der Waals surface area contributed by atoms with E-state index in [1.807, 2.05) is 36.7 Å². The van der Waals surface area contributed by atoms with Crippen LogP contribution in [0.5, 0.6) is 0 Å². The molecule has 1 amide bonds. The van der Waals surface area contributed by atoms with E-state index in [0.29, 0.717) is 11.7 Å². The minimum Gasteiger partial charge on any atom is -0.320 e. The van der Waals surface area contributed by atoms with Crippen molar-refractivity contribution in [1.82, 2.24) is 20.3 Å². The molecule has 22 heavy (non-hydrogen) atoms. The van der Waals surface area contributed by atoms with E-state index in [2.05, 4.69) is 20.9 Å². The molecule has 1 aliphatic heterocycles. The van der Waals surface area contributed by atoms with Gasteiger partial charge in [0.15, 0.2) is 5.69 Å². The molecule has 2 aromatic rings. The molecule has 0 spiro atoms. The zero-order valence-electron chi connectivity index (χ0n) is 13.0. The number of piperidine rings is 1. The molecule has 2 N–H and O–H groups in total. The van der Waals surface area contributed by atoms with Gasteiger partial charge in [0.2, 0.25) is 0 Å². The van der Waals surface area contributed by atoms with Crippen LogP contribution in [0.15, 0.2) is 24.4 Å². The maximum atomic E-state index is 12.3. The Bertz CT molecular complexity index is 673. The van der Waals surface area contributed by atoms with Crippen molar-refractivity contribution in [3.63, 3.8) is 0 Å². The van der Waals surface area contributed by atoms with Gasteiger partial charge in [-0.25, -0.2) is 4.68 Å². The highest BCUT2D eigenvalue weighted by Crippen LogP contribution is 2.20. The first kappa shape index (κ1) is 14.7. The molecule has 0 aliphatic carbocycles. The Morgan fingerprint density at radius 2 is 2.09 bits per heavy atom. The first-order valence-electron chi connectivity index (χ1n) is 7.65. The monoisotopic (exact) mass is 299 g/mol. The molecule has 1 aromatic heterocycles. The van der Waals surface area contributed by atoms with E-state index < -0.39 is 0 Å². The SMILES string of the molecule is Cc1cccc(NC(=O)c2cn(C3CCNCC3)nn2)c1C. The van der Waals surface area contributed by atoms with Crippen LogP contribution < -0.4 is 10.6 Å². The minimum atomic E-state index is -0.214. The van der Waals surface area contributed by atoms with Gasteiger partial charge in [-0.2, -0.15) is 0 Å². The molecule has 0 unspecified atom stereocenters. The van der Waals surface area contributed by atoms with Crippen molar-refractivity contribution in [1.29, 1.82) is 0 Å². The number of rotatable bonds is 3. The first-order chi connectivity index (χ1) is 10.6. The minimum absolute atomic E-state index is 0.214. The topological polar surface area (TPSA) is 71.8 Å². The highest BCUT2D eigenvalue weighted by Gasteiger charge is 2.19. The van der Waals surface area contributed by atoms with Gasteiger partial charge in [-0.05, 0) is 57.0 Å². The summed E-state index contributed by atoms with van der Waals surface area (Å²) in [6.07, 6.45) is 3.78. The molecule has 1 fully saturated rings. The van der Waals surface area contributed by atoms with Crippen LogP contribution in [0, 0.1) is 13.8 Å². The number of carbonyl (C=O) groups excluding carboxylic acids is 1. The average Bonchev–Trinajstić information content (AvgIpc) is 3.03. The van der Waals surface area contributed by atoms with Crippen molar-refractivity contribution in [2.45, 2.75) is 32.7 Å². The van der Waals surface area contributed by atoms with E-state index in [1.165, 1.54) is 0 Å². The van der Waals surface area contributed by atoms with Crippen LogP contribution >= 0.6 is 0 Å². The lowest BCUT2D eigenvalue weighted by molar-refractivity contribution is 0.102. The molecule has 0 bridgehead atoms. The smallest absolute Gasteiger partial charge is 0.277 e. The van der Waals surface area contributed by atoms with Crippen molar-refractivity contribution in [3.05, 3.63) is 41.2 Å². The third-order valence-electron chi connectivity index (χ3n) is 4.28. The van der Waals surface area contributed by atoms with Gasteiger partial charge in [-0.3, -0.25) is 4.79 Å². The summed E-state index contributed by atoms with van der Waals surface area (Å²) in [6, 6.07) is 6.19. The predicted molar refractivity (Wildman–Crippen MR) is 85.0 cm³/mol. The van der Waals surface area contributed by atoms with Crippen molar-refractivity contribution in [2.75, 3.05) is 18.4 Å². The van der Waals surface area contributed by atoms with Crippen molar-refractivity contribution in [3.8, 4) is 0 Å². The van der Waals surface area contributed by atoms with Gasteiger partial charge in [0.25, 0.3) is 5.91 Å². The van der Waals surface area contributed by atoms with Gasteiger partial charge >= 0.3 is 0 Å². The lowest BCUT2D eigenvalue weighted by atomic mass is 10.1. The molecule has 0 saturated carbocycles. The maximum absolute atomic E-state index is 12.3. The molecule has 1 aromatic carbocycles. The largest absolute Gasteiger partial charge is 0.320 e. The van der Waals surface area contributed by atoms with Gasteiger partial charge < -0.3 is 10.6 Å². The summed E-state index contributed by atoms with van der Waals surface area (Å²) < 4.78 is 1.82. The second-order valence-corrected chi connectivity index (χ2v) is 5.77. The number of nitrogens with zero attached hydrogens (tertiary/aromatic N) is 3. The van der Waals surface area contributed by atoms with Crippen molar-refractivity contribution < 1.29 is 4.79 Å². The summed E-state index contributed by atoms with van der Waals surface area (Å²) in [4.78, 5) is 12.3. The quantitative estimate of drug-likeness (QED) is 0.910. The van der Waals surface area contributed by atoms with Crippen LogP contribution in [0.1, 0.15) is 40.5 Å². The van der Waals surface area contributed by atoms with Crippen molar-refractivity contribution >= 4 is 11.6 Å². The molecule has 116 valence electrons. The summed E-state index contributed by atoms with van der Waals surface area (Å²) in [5.41, 5.74) is 3.40. The molecule has 6 nitrogen and oxygen atoms in total. The molecule has 1 aliphatic rings. The average molecular weight is 299 g/mol. The Morgan fingerprint density at radius 3 is 2.86 bits per heavy atom. The van der Waals surface area contributed by atoms with Gasteiger partial charge in [-0.1, -0.05) is 17.3 Å². The van der Waals surface area contributed by atoms with Crippen LogP contribution in [0.3, 0.4) is 0 Å². The molecule has 0 atom stereocenters. The van der Waals surface area contributed by atoms with Gasteiger partial charge in [-0.15, -0.1) is 5.10 Å². The molecule has 0 radical (unpaired) electrons.